The Morgan fingerprint density at radius 3 is 2.19 bits per heavy atom. The van der Waals surface area contributed by atoms with Gasteiger partial charge in [0.1, 0.15) is 5.60 Å². The standard InChI is InChI=1S/C20H29ClO5S/c1-18(2,3)15-9-11-20(12-10-15)24-13-19(4,25-26-20)14-27(22,23)17-7-5-16(21)6-8-17/h5-8,15H,9-14H2,1-4H3. The Balaban J connectivity index is 1.62. The molecule has 1 heterocycles. The van der Waals surface area contributed by atoms with Crippen molar-refractivity contribution in [2.75, 3.05) is 12.4 Å². The van der Waals surface area contributed by atoms with Crippen molar-refractivity contribution >= 4 is 21.4 Å². The second kappa shape index (κ2) is 7.30. The van der Waals surface area contributed by atoms with Crippen LogP contribution in [0.1, 0.15) is 53.4 Å². The maximum absolute atomic E-state index is 12.7. The fourth-order valence-electron chi connectivity index (χ4n) is 3.85. The molecule has 7 heteroatoms. The van der Waals surface area contributed by atoms with Crippen molar-refractivity contribution in [3.8, 4) is 0 Å². The second-order valence-electron chi connectivity index (χ2n) is 9.17. The summed E-state index contributed by atoms with van der Waals surface area (Å²) >= 11 is 5.84. The lowest BCUT2D eigenvalue weighted by atomic mass is 9.71. The van der Waals surface area contributed by atoms with Crippen LogP contribution in [0.25, 0.3) is 0 Å². The molecule has 3 rings (SSSR count). The fraction of sp³-hybridized carbons (Fsp3) is 0.700. The molecule has 1 saturated heterocycles. The molecule has 0 radical (unpaired) electrons. The molecule has 1 aliphatic heterocycles. The van der Waals surface area contributed by atoms with Gasteiger partial charge in [-0.05, 0) is 55.4 Å². The van der Waals surface area contributed by atoms with Crippen molar-refractivity contribution in [1.29, 1.82) is 0 Å². The van der Waals surface area contributed by atoms with Crippen LogP contribution in [-0.2, 0) is 24.3 Å². The van der Waals surface area contributed by atoms with Crippen LogP contribution in [0.3, 0.4) is 0 Å². The summed E-state index contributed by atoms with van der Waals surface area (Å²) in [5.74, 6) is -0.345. The van der Waals surface area contributed by atoms with Gasteiger partial charge in [0, 0.05) is 17.9 Å². The number of sulfone groups is 1. The van der Waals surface area contributed by atoms with E-state index in [0.717, 1.165) is 25.7 Å². The van der Waals surface area contributed by atoms with E-state index in [1.54, 1.807) is 19.1 Å². The summed E-state index contributed by atoms with van der Waals surface area (Å²) in [6, 6.07) is 6.13. The molecule has 1 aromatic carbocycles. The fourth-order valence-corrected chi connectivity index (χ4v) is 5.63. The Morgan fingerprint density at radius 1 is 1.11 bits per heavy atom. The van der Waals surface area contributed by atoms with E-state index in [1.165, 1.54) is 12.1 Å². The molecule has 27 heavy (non-hydrogen) atoms. The molecule has 2 aliphatic rings. The summed E-state index contributed by atoms with van der Waals surface area (Å²) in [6.07, 6.45) is 3.53. The van der Waals surface area contributed by atoms with Gasteiger partial charge in [0.2, 0.25) is 5.79 Å². The zero-order chi connectivity index (χ0) is 19.9. The molecule has 0 aromatic heterocycles. The van der Waals surface area contributed by atoms with Gasteiger partial charge in [-0.1, -0.05) is 32.4 Å². The lowest BCUT2D eigenvalue weighted by Crippen LogP contribution is -2.55. The number of benzene rings is 1. The predicted molar refractivity (Wildman–Crippen MR) is 104 cm³/mol. The summed E-state index contributed by atoms with van der Waals surface area (Å²) in [5, 5.41) is 0.494. The van der Waals surface area contributed by atoms with Gasteiger partial charge < -0.3 is 4.74 Å². The first kappa shape index (κ1) is 21.1. The van der Waals surface area contributed by atoms with Crippen LogP contribution >= 0.6 is 11.6 Å². The summed E-state index contributed by atoms with van der Waals surface area (Å²) < 4.78 is 31.5. The van der Waals surface area contributed by atoms with Crippen LogP contribution in [0.2, 0.25) is 5.02 Å². The number of ether oxygens (including phenoxy) is 1. The third-order valence-corrected chi connectivity index (χ3v) is 7.91. The van der Waals surface area contributed by atoms with Crippen LogP contribution in [0.5, 0.6) is 0 Å². The van der Waals surface area contributed by atoms with E-state index < -0.39 is 21.2 Å². The highest BCUT2D eigenvalue weighted by atomic mass is 35.5. The predicted octanol–water partition coefficient (Wildman–Crippen LogP) is 4.78. The quantitative estimate of drug-likeness (QED) is 0.663. The van der Waals surface area contributed by atoms with Crippen molar-refractivity contribution in [3.63, 3.8) is 0 Å². The van der Waals surface area contributed by atoms with E-state index in [9.17, 15) is 8.42 Å². The van der Waals surface area contributed by atoms with Crippen LogP contribution in [0, 0.1) is 11.3 Å². The molecule has 0 bridgehead atoms. The minimum atomic E-state index is -3.55. The van der Waals surface area contributed by atoms with Crippen molar-refractivity contribution in [2.45, 2.75) is 69.7 Å². The minimum Gasteiger partial charge on any atom is -0.344 e. The average Bonchev–Trinajstić information content (AvgIpc) is 2.58. The SMILES string of the molecule is CC1(CS(=O)(=O)c2ccc(Cl)cc2)COC2(CCC(C(C)(C)C)CC2)OO1. The lowest BCUT2D eigenvalue weighted by molar-refractivity contribution is -0.511. The number of hydrogen-bond acceptors (Lipinski definition) is 5. The Bertz CT molecular complexity index is 749. The summed E-state index contributed by atoms with van der Waals surface area (Å²) in [4.78, 5) is 11.5. The van der Waals surface area contributed by atoms with Gasteiger partial charge in [-0.25, -0.2) is 18.2 Å². The average molecular weight is 417 g/mol. The second-order valence-corrected chi connectivity index (χ2v) is 11.6. The van der Waals surface area contributed by atoms with E-state index in [0.29, 0.717) is 10.9 Å². The van der Waals surface area contributed by atoms with Crippen LogP contribution < -0.4 is 0 Å². The van der Waals surface area contributed by atoms with Gasteiger partial charge in [0.25, 0.3) is 0 Å². The highest BCUT2D eigenvalue weighted by Crippen LogP contribution is 2.45. The highest BCUT2D eigenvalue weighted by molar-refractivity contribution is 7.91. The van der Waals surface area contributed by atoms with Gasteiger partial charge in [-0.3, -0.25) is 0 Å². The van der Waals surface area contributed by atoms with Gasteiger partial charge in [0.05, 0.1) is 17.3 Å². The molecule has 0 amide bonds. The zero-order valence-electron chi connectivity index (χ0n) is 16.5. The largest absolute Gasteiger partial charge is 0.344 e. The first-order valence-electron chi connectivity index (χ1n) is 9.42. The monoisotopic (exact) mass is 416 g/mol. The first-order chi connectivity index (χ1) is 12.4. The molecular formula is C20H29ClO5S. The molecule has 1 saturated carbocycles. The van der Waals surface area contributed by atoms with Gasteiger partial charge in [0.15, 0.2) is 9.84 Å². The van der Waals surface area contributed by atoms with Gasteiger partial charge in [-0.2, -0.15) is 0 Å². The Hall–Kier alpha value is -0.660. The number of hydrogen-bond donors (Lipinski definition) is 0. The van der Waals surface area contributed by atoms with Crippen molar-refractivity contribution in [1.82, 2.24) is 0 Å². The van der Waals surface area contributed by atoms with E-state index in [1.807, 2.05) is 0 Å². The van der Waals surface area contributed by atoms with E-state index in [2.05, 4.69) is 20.8 Å². The molecule has 2 fully saturated rings. The maximum Gasteiger partial charge on any atom is 0.201 e. The molecule has 1 aliphatic carbocycles. The smallest absolute Gasteiger partial charge is 0.201 e. The van der Waals surface area contributed by atoms with Crippen molar-refractivity contribution in [3.05, 3.63) is 29.3 Å². The summed E-state index contributed by atoms with van der Waals surface area (Å²) in [7, 11) is -3.55. The van der Waals surface area contributed by atoms with Crippen molar-refractivity contribution < 1.29 is 22.9 Å². The van der Waals surface area contributed by atoms with E-state index in [-0.39, 0.29) is 22.7 Å². The van der Waals surface area contributed by atoms with Crippen LogP contribution in [0.4, 0.5) is 0 Å². The Labute approximate surface area is 167 Å². The maximum atomic E-state index is 12.7. The Morgan fingerprint density at radius 2 is 1.70 bits per heavy atom. The summed E-state index contributed by atoms with van der Waals surface area (Å²) in [6.45, 7) is 8.66. The van der Waals surface area contributed by atoms with Crippen molar-refractivity contribution in [2.24, 2.45) is 11.3 Å². The third kappa shape index (κ3) is 4.85. The number of rotatable bonds is 3. The Kier molecular flexibility index (Phi) is 5.70. The normalized spacial score (nSPS) is 32.6. The molecule has 5 nitrogen and oxygen atoms in total. The summed E-state index contributed by atoms with van der Waals surface area (Å²) in [5.41, 5.74) is -0.789. The molecule has 152 valence electrons. The molecular weight excluding hydrogens is 388 g/mol. The first-order valence-corrected chi connectivity index (χ1v) is 11.5. The van der Waals surface area contributed by atoms with E-state index in [4.69, 9.17) is 26.1 Å². The third-order valence-electron chi connectivity index (χ3n) is 5.68. The highest BCUT2D eigenvalue weighted by Gasteiger charge is 2.49. The molecule has 1 aromatic rings. The van der Waals surface area contributed by atoms with Gasteiger partial charge >= 0.3 is 0 Å². The molecule has 1 unspecified atom stereocenters. The topological polar surface area (TPSA) is 61.8 Å². The van der Waals surface area contributed by atoms with Crippen LogP contribution in [-0.4, -0.2) is 32.2 Å². The van der Waals surface area contributed by atoms with Crippen LogP contribution in [0.15, 0.2) is 29.2 Å². The lowest BCUT2D eigenvalue weighted by Gasteiger charge is -2.47. The van der Waals surface area contributed by atoms with Gasteiger partial charge in [-0.15, -0.1) is 0 Å². The molecule has 1 spiro atoms. The molecule has 1 atom stereocenters. The minimum absolute atomic E-state index is 0.181. The number of halogens is 1. The zero-order valence-corrected chi connectivity index (χ0v) is 18.0. The molecule has 0 N–H and O–H groups in total. The van der Waals surface area contributed by atoms with E-state index >= 15 is 0 Å².